The van der Waals surface area contributed by atoms with E-state index in [9.17, 15) is 4.79 Å². The van der Waals surface area contributed by atoms with Crippen LogP contribution in [0.4, 0.5) is 0 Å². The summed E-state index contributed by atoms with van der Waals surface area (Å²) in [6.45, 7) is 4.43. The van der Waals surface area contributed by atoms with Crippen molar-refractivity contribution in [2.75, 3.05) is 0 Å². The number of rotatable bonds is 3. The molecule has 0 spiro atoms. The van der Waals surface area contributed by atoms with Crippen molar-refractivity contribution in [1.82, 2.24) is 0 Å². The monoisotopic (exact) mass is 182 g/mol. The highest BCUT2D eigenvalue weighted by Crippen LogP contribution is 2.40. The van der Waals surface area contributed by atoms with Gasteiger partial charge in [-0.25, -0.2) is 0 Å². The fourth-order valence-electron chi connectivity index (χ4n) is 2.52. The lowest BCUT2D eigenvalue weighted by Crippen LogP contribution is -2.29. The summed E-state index contributed by atoms with van der Waals surface area (Å²) in [5, 5.41) is 0. The molecule has 0 bridgehead atoms. The number of hydrogen-bond acceptors (Lipinski definition) is 1. The minimum atomic E-state index is 0.0330. The maximum atomic E-state index is 11.2. The van der Waals surface area contributed by atoms with Gasteiger partial charge in [0.15, 0.2) is 0 Å². The van der Waals surface area contributed by atoms with Crippen molar-refractivity contribution in [3.8, 4) is 0 Å². The van der Waals surface area contributed by atoms with Gasteiger partial charge in [0.2, 0.25) is 0 Å². The van der Waals surface area contributed by atoms with Gasteiger partial charge in [-0.05, 0) is 18.8 Å². The zero-order chi connectivity index (χ0) is 9.73. The van der Waals surface area contributed by atoms with Crippen LogP contribution in [0, 0.1) is 11.3 Å². The van der Waals surface area contributed by atoms with Gasteiger partial charge in [0, 0.05) is 5.41 Å². The van der Waals surface area contributed by atoms with Gasteiger partial charge in [-0.1, -0.05) is 46.0 Å². The second kappa shape index (κ2) is 4.78. The van der Waals surface area contributed by atoms with Crippen molar-refractivity contribution in [3.05, 3.63) is 0 Å². The Morgan fingerprint density at radius 3 is 2.15 bits per heavy atom. The molecule has 0 aromatic rings. The number of carbonyl (C=O) groups excluding carboxylic acids is 1. The molecule has 76 valence electrons. The second-order valence-electron chi connectivity index (χ2n) is 4.57. The van der Waals surface area contributed by atoms with E-state index in [0.717, 1.165) is 19.3 Å². The first kappa shape index (κ1) is 10.7. The maximum absolute atomic E-state index is 11.2. The third-order valence-electron chi connectivity index (χ3n) is 3.86. The average molecular weight is 182 g/mol. The zero-order valence-corrected chi connectivity index (χ0v) is 9.01. The van der Waals surface area contributed by atoms with Crippen molar-refractivity contribution in [2.24, 2.45) is 11.3 Å². The number of hydrogen-bond donors (Lipinski definition) is 0. The number of carbonyl (C=O) groups is 1. The molecule has 1 rings (SSSR count). The van der Waals surface area contributed by atoms with Gasteiger partial charge in [0.1, 0.15) is 6.29 Å². The molecule has 0 radical (unpaired) electrons. The predicted molar refractivity (Wildman–Crippen MR) is 55.7 cm³/mol. The molecule has 1 nitrogen and oxygen atoms in total. The largest absolute Gasteiger partial charge is 0.303 e. The van der Waals surface area contributed by atoms with E-state index in [2.05, 4.69) is 13.8 Å². The van der Waals surface area contributed by atoms with E-state index in [1.54, 1.807) is 0 Å². The first-order chi connectivity index (χ1) is 6.25. The molecule has 0 aliphatic heterocycles. The standard InChI is InChI=1S/C12H22O/c1-3-11(2)12(10-13)8-6-4-5-7-9-12/h10-11H,3-9H2,1-2H3. The van der Waals surface area contributed by atoms with Crippen LogP contribution in [0.3, 0.4) is 0 Å². The van der Waals surface area contributed by atoms with Gasteiger partial charge in [0.05, 0.1) is 0 Å². The summed E-state index contributed by atoms with van der Waals surface area (Å²) in [5.41, 5.74) is 0.0330. The van der Waals surface area contributed by atoms with Gasteiger partial charge >= 0.3 is 0 Å². The van der Waals surface area contributed by atoms with E-state index >= 15 is 0 Å². The highest BCUT2D eigenvalue weighted by atomic mass is 16.1. The molecule has 0 amide bonds. The van der Waals surface area contributed by atoms with Crippen LogP contribution in [0.15, 0.2) is 0 Å². The predicted octanol–water partition coefficient (Wildman–Crippen LogP) is 3.57. The summed E-state index contributed by atoms with van der Waals surface area (Å²) in [6, 6.07) is 0. The molecule has 13 heavy (non-hydrogen) atoms. The third-order valence-corrected chi connectivity index (χ3v) is 3.86. The van der Waals surface area contributed by atoms with Crippen LogP contribution in [0.5, 0.6) is 0 Å². The first-order valence-corrected chi connectivity index (χ1v) is 5.71. The van der Waals surface area contributed by atoms with E-state index in [-0.39, 0.29) is 5.41 Å². The van der Waals surface area contributed by atoms with Crippen LogP contribution >= 0.6 is 0 Å². The zero-order valence-electron chi connectivity index (χ0n) is 9.01. The summed E-state index contributed by atoms with van der Waals surface area (Å²) in [6.07, 6.45) is 9.81. The molecule has 1 aliphatic carbocycles. The Bertz CT molecular complexity index is 155. The molecule has 0 saturated heterocycles. The lowest BCUT2D eigenvalue weighted by atomic mass is 9.71. The average Bonchev–Trinajstić information content (AvgIpc) is 2.42. The highest BCUT2D eigenvalue weighted by Gasteiger charge is 2.34. The molecule has 1 atom stereocenters. The fourth-order valence-corrected chi connectivity index (χ4v) is 2.52. The first-order valence-electron chi connectivity index (χ1n) is 5.71. The van der Waals surface area contributed by atoms with E-state index in [1.807, 2.05) is 0 Å². The summed E-state index contributed by atoms with van der Waals surface area (Å²) < 4.78 is 0. The molecule has 1 aliphatic rings. The third kappa shape index (κ3) is 2.32. The lowest BCUT2D eigenvalue weighted by molar-refractivity contribution is -0.119. The van der Waals surface area contributed by atoms with Crippen molar-refractivity contribution in [2.45, 2.75) is 58.8 Å². The maximum Gasteiger partial charge on any atom is 0.126 e. The topological polar surface area (TPSA) is 17.1 Å². The molecular formula is C12H22O. The molecule has 0 N–H and O–H groups in total. The Morgan fingerprint density at radius 2 is 1.77 bits per heavy atom. The summed E-state index contributed by atoms with van der Waals surface area (Å²) in [4.78, 5) is 11.2. The molecule has 0 aromatic carbocycles. The van der Waals surface area contributed by atoms with E-state index in [1.165, 1.54) is 32.0 Å². The van der Waals surface area contributed by atoms with Crippen molar-refractivity contribution >= 4 is 6.29 Å². The Morgan fingerprint density at radius 1 is 1.23 bits per heavy atom. The van der Waals surface area contributed by atoms with Gasteiger partial charge in [-0.3, -0.25) is 0 Å². The smallest absolute Gasteiger partial charge is 0.126 e. The van der Waals surface area contributed by atoms with E-state index in [4.69, 9.17) is 0 Å². The van der Waals surface area contributed by atoms with E-state index < -0.39 is 0 Å². The SMILES string of the molecule is CCC(C)C1(C=O)CCCCCC1. The van der Waals surface area contributed by atoms with Crippen molar-refractivity contribution in [3.63, 3.8) is 0 Å². The van der Waals surface area contributed by atoms with Crippen LogP contribution < -0.4 is 0 Å². The molecule has 1 unspecified atom stereocenters. The summed E-state index contributed by atoms with van der Waals surface area (Å²) in [5.74, 6) is 0.572. The molecule has 0 heterocycles. The minimum absolute atomic E-state index is 0.0330. The highest BCUT2D eigenvalue weighted by molar-refractivity contribution is 5.59. The molecule has 1 heteroatoms. The molecular weight excluding hydrogens is 160 g/mol. The quantitative estimate of drug-likeness (QED) is 0.481. The van der Waals surface area contributed by atoms with Gasteiger partial charge in [-0.15, -0.1) is 0 Å². The Kier molecular flexibility index (Phi) is 3.95. The second-order valence-corrected chi connectivity index (χ2v) is 4.57. The minimum Gasteiger partial charge on any atom is -0.303 e. The van der Waals surface area contributed by atoms with Crippen LogP contribution in [0.2, 0.25) is 0 Å². The summed E-state index contributed by atoms with van der Waals surface area (Å²) in [7, 11) is 0. The Labute approximate surface area is 81.9 Å². The normalized spacial score (nSPS) is 24.8. The molecule has 1 fully saturated rings. The summed E-state index contributed by atoms with van der Waals surface area (Å²) >= 11 is 0. The van der Waals surface area contributed by atoms with Crippen LogP contribution in [0.25, 0.3) is 0 Å². The van der Waals surface area contributed by atoms with Gasteiger partial charge < -0.3 is 4.79 Å². The van der Waals surface area contributed by atoms with Crippen LogP contribution in [0.1, 0.15) is 58.8 Å². The van der Waals surface area contributed by atoms with Crippen LogP contribution in [-0.2, 0) is 4.79 Å². The van der Waals surface area contributed by atoms with Crippen molar-refractivity contribution in [1.29, 1.82) is 0 Å². The molecule has 1 saturated carbocycles. The Hall–Kier alpha value is -0.330. The molecule has 0 aromatic heterocycles. The van der Waals surface area contributed by atoms with E-state index in [0.29, 0.717) is 5.92 Å². The number of aldehydes is 1. The van der Waals surface area contributed by atoms with Gasteiger partial charge in [0.25, 0.3) is 0 Å². The fraction of sp³-hybridized carbons (Fsp3) is 0.917. The van der Waals surface area contributed by atoms with Gasteiger partial charge in [-0.2, -0.15) is 0 Å². The van der Waals surface area contributed by atoms with Crippen molar-refractivity contribution < 1.29 is 4.79 Å². The lowest BCUT2D eigenvalue weighted by Gasteiger charge is -2.32. The van der Waals surface area contributed by atoms with Crippen LogP contribution in [-0.4, -0.2) is 6.29 Å². The Balaban J connectivity index is 2.69.